The van der Waals surface area contributed by atoms with Crippen LogP contribution in [0.5, 0.6) is 0 Å². The molecular formula is C18H24FNO. The SMILES string of the molecule is C=C(C)CN(CC)C(=O)C1(c2ccc(F)cc2)CCCC1. The molecule has 1 saturated carbocycles. The van der Waals surface area contributed by atoms with Gasteiger partial charge in [-0.25, -0.2) is 4.39 Å². The molecule has 1 amide bonds. The average molecular weight is 289 g/mol. The molecule has 1 aromatic rings. The molecule has 0 saturated heterocycles. The molecule has 21 heavy (non-hydrogen) atoms. The predicted molar refractivity (Wildman–Crippen MR) is 83.6 cm³/mol. The van der Waals surface area contributed by atoms with E-state index >= 15 is 0 Å². The van der Waals surface area contributed by atoms with Gasteiger partial charge in [0.2, 0.25) is 5.91 Å². The minimum atomic E-state index is -0.473. The second kappa shape index (κ2) is 6.42. The number of amides is 1. The lowest BCUT2D eigenvalue weighted by Gasteiger charge is -2.34. The van der Waals surface area contributed by atoms with Crippen molar-refractivity contribution in [3.8, 4) is 0 Å². The molecule has 0 atom stereocenters. The standard InChI is InChI=1S/C18H24FNO/c1-4-20(13-14(2)3)17(21)18(11-5-6-12-18)15-7-9-16(19)10-8-15/h7-10H,2,4-6,11-13H2,1,3H3. The van der Waals surface area contributed by atoms with E-state index < -0.39 is 5.41 Å². The van der Waals surface area contributed by atoms with Crippen molar-refractivity contribution in [2.24, 2.45) is 0 Å². The lowest BCUT2D eigenvalue weighted by Crippen LogP contribution is -2.46. The molecule has 0 heterocycles. The zero-order valence-corrected chi connectivity index (χ0v) is 13.0. The number of halogens is 1. The van der Waals surface area contributed by atoms with E-state index in [0.29, 0.717) is 13.1 Å². The highest BCUT2D eigenvalue weighted by molar-refractivity contribution is 5.88. The van der Waals surface area contributed by atoms with E-state index in [0.717, 1.165) is 36.8 Å². The van der Waals surface area contributed by atoms with Crippen molar-refractivity contribution in [2.45, 2.75) is 44.9 Å². The summed E-state index contributed by atoms with van der Waals surface area (Å²) in [5.74, 6) is -0.0919. The fraction of sp³-hybridized carbons (Fsp3) is 0.500. The Morgan fingerprint density at radius 3 is 2.33 bits per heavy atom. The third kappa shape index (κ3) is 3.17. The second-order valence-corrected chi connectivity index (χ2v) is 6.07. The van der Waals surface area contributed by atoms with Gasteiger partial charge in [-0.3, -0.25) is 4.79 Å². The van der Waals surface area contributed by atoms with Crippen LogP contribution < -0.4 is 0 Å². The summed E-state index contributed by atoms with van der Waals surface area (Å²) < 4.78 is 13.2. The number of nitrogens with zero attached hydrogens (tertiary/aromatic N) is 1. The Balaban J connectivity index is 2.35. The largest absolute Gasteiger partial charge is 0.338 e. The second-order valence-electron chi connectivity index (χ2n) is 6.07. The van der Waals surface area contributed by atoms with Gasteiger partial charge in [0.1, 0.15) is 5.82 Å². The molecule has 1 aromatic carbocycles. The van der Waals surface area contributed by atoms with Gasteiger partial charge in [0, 0.05) is 13.1 Å². The van der Waals surface area contributed by atoms with Gasteiger partial charge in [0.15, 0.2) is 0 Å². The lowest BCUT2D eigenvalue weighted by molar-refractivity contribution is -0.136. The summed E-state index contributed by atoms with van der Waals surface area (Å²) in [7, 11) is 0. The number of rotatable bonds is 5. The molecule has 0 N–H and O–H groups in total. The lowest BCUT2D eigenvalue weighted by atomic mass is 9.77. The number of hydrogen-bond acceptors (Lipinski definition) is 1. The maximum Gasteiger partial charge on any atom is 0.233 e. The summed E-state index contributed by atoms with van der Waals surface area (Å²) in [5.41, 5.74) is 1.46. The van der Waals surface area contributed by atoms with Crippen LogP contribution in [0.15, 0.2) is 36.4 Å². The Kier molecular flexibility index (Phi) is 4.81. The van der Waals surface area contributed by atoms with E-state index in [-0.39, 0.29) is 11.7 Å². The number of benzene rings is 1. The van der Waals surface area contributed by atoms with Gasteiger partial charge in [-0.1, -0.05) is 37.1 Å². The summed E-state index contributed by atoms with van der Waals surface area (Å²) in [5, 5.41) is 0. The molecule has 2 nitrogen and oxygen atoms in total. The maximum absolute atomic E-state index is 13.2. The molecular weight excluding hydrogens is 265 g/mol. The first kappa shape index (κ1) is 15.7. The first-order valence-corrected chi connectivity index (χ1v) is 7.69. The fourth-order valence-electron chi connectivity index (χ4n) is 3.33. The molecule has 0 spiro atoms. The summed E-state index contributed by atoms with van der Waals surface area (Å²) in [6, 6.07) is 6.45. The number of likely N-dealkylation sites (N-methyl/N-ethyl adjacent to an activating group) is 1. The monoisotopic (exact) mass is 289 g/mol. The number of carbonyl (C=O) groups is 1. The fourth-order valence-corrected chi connectivity index (χ4v) is 3.33. The summed E-state index contributed by atoms with van der Waals surface area (Å²) in [4.78, 5) is 15.0. The van der Waals surface area contributed by atoms with E-state index in [4.69, 9.17) is 0 Å². The molecule has 0 unspecified atom stereocenters. The van der Waals surface area contributed by atoms with Crippen LogP contribution in [0.2, 0.25) is 0 Å². The van der Waals surface area contributed by atoms with Crippen LogP contribution >= 0.6 is 0 Å². The maximum atomic E-state index is 13.2. The van der Waals surface area contributed by atoms with Gasteiger partial charge in [-0.15, -0.1) is 0 Å². The highest BCUT2D eigenvalue weighted by Crippen LogP contribution is 2.42. The molecule has 3 heteroatoms. The number of hydrogen-bond donors (Lipinski definition) is 0. The summed E-state index contributed by atoms with van der Waals surface area (Å²) in [6.45, 7) is 9.12. The normalized spacial score (nSPS) is 16.7. The molecule has 0 aromatic heterocycles. The first-order chi connectivity index (χ1) is 9.99. The molecule has 114 valence electrons. The van der Waals surface area contributed by atoms with Crippen LogP contribution in [0.1, 0.15) is 45.1 Å². The summed E-state index contributed by atoms with van der Waals surface area (Å²) in [6.07, 6.45) is 3.80. The third-order valence-electron chi connectivity index (χ3n) is 4.39. The topological polar surface area (TPSA) is 20.3 Å². The van der Waals surface area contributed by atoms with E-state index in [1.165, 1.54) is 12.1 Å². The Bertz CT molecular complexity index is 515. The molecule has 1 aliphatic rings. The van der Waals surface area contributed by atoms with E-state index in [2.05, 4.69) is 6.58 Å². The van der Waals surface area contributed by atoms with Crippen LogP contribution in [0.25, 0.3) is 0 Å². The third-order valence-corrected chi connectivity index (χ3v) is 4.39. The highest BCUT2D eigenvalue weighted by Gasteiger charge is 2.44. The molecule has 0 radical (unpaired) electrons. The Labute approximate surface area is 126 Å². The minimum absolute atomic E-state index is 0.164. The zero-order valence-electron chi connectivity index (χ0n) is 13.0. The van der Waals surface area contributed by atoms with Gasteiger partial charge in [-0.2, -0.15) is 0 Å². The van der Waals surface area contributed by atoms with Crippen molar-refractivity contribution >= 4 is 5.91 Å². The van der Waals surface area contributed by atoms with Gasteiger partial charge < -0.3 is 4.90 Å². The Morgan fingerprint density at radius 1 is 1.29 bits per heavy atom. The van der Waals surface area contributed by atoms with Crippen LogP contribution in [0, 0.1) is 5.82 Å². The number of carbonyl (C=O) groups excluding carboxylic acids is 1. The molecule has 0 aliphatic heterocycles. The predicted octanol–water partition coefficient (Wildman–Crippen LogP) is 4.06. The van der Waals surface area contributed by atoms with Gasteiger partial charge in [0.25, 0.3) is 0 Å². The van der Waals surface area contributed by atoms with E-state index in [1.54, 1.807) is 12.1 Å². The van der Waals surface area contributed by atoms with Crippen molar-refractivity contribution in [2.75, 3.05) is 13.1 Å². The molecule has 1 fully saturated rings. The molecule has 1 aliphatic carbocycles. The van der Waals surface area contributed by atoms with Crippen LogP contribution in [-0.4, -0.2) is 23.9 Å². The summed E-state index contributed by atoms with van der Waals surface area (Å²) >= 11 is 0. The van der Waals surface area contributed by atoms with E-state index in [9.17, 15) is 9.18 Å². The quantitative estimate of drug-likeness (QED) is 0.748. The average Bonchev–Trinajstić information content (AvgIpc) is 2.95. The van der Waals surface area contributed by atoms with Crippen molar-refractivity contribution in [3.05, 3.63) is 47.8 Å². The van der Waals surface area contributed by atoms with Crippen molar-refractivity contribution in [1.29, 1.82) is 0 Å². The van der Waals surface area contributed by atoms with Crippen molar-refractivity contribution in [3.63, 3.8) is 0 Å². The van der Waals surface area contributed by atoms with Crippen molar-refractivity contribution in [1.82, 2.24) is 4.90 Å². The Morgan fingerprint density at radius 2 is 1.86 bits per heavy atom. The van der Waals surface area contributed by atoms with Crippen LogP contribution in [0.3, 0.4) is 0 Å². The van der Waals surface area contributed by atoms with E-state index in [1.807, 2.05) is 18.7 Å². The first-order valence-electron chi connectivity index (χ1n) is 7.69. The van der Waals surface area contributed by atoms with Crippen LogP contribution in [-0.2, 0) is 10.2 Å². The van der Waals surface area contributed by atoms with Gasteiger partial charge in [-0.05, 0) is 44.4 Å². The molecule has 0 bridgehead atoms. The van der Waals surface area contributed by atoms with Gasteiger partial charge in [0.05, 0.1) is 5.41 Å². The van der Waals surface area contributed by atoms with Crippen LogP contribution in [0.4, 0.5) is 4.39 Å². The van der Waals surface area contributed by atoms with Crippen molar-refractivity contribution < 1.29 is 9.18 Å². The minimum Gasteiger partial charge on any atom is -0.338 e. The molecule has 2 rings (SSSR count). The Hall–Kier alpha value is -1.64. The zero-order chi connectivity index (χ0) is 15.5. The smallest absolute Gasteiger partial charge is 0.233 e. The van der Waals surface area contributed by atoms with Gasteiger partial charge >= 0.3 is 0 Å². The highest BCUT2D eigenvalue weighted by atomic mass is 19.1.